The molecule has 3 aromatic rings. The van der Waals surface area contributed by atoms with Gasteiger partial charge in [0.1, 0.15) is 18.1 Å². The van der Waals surface area contributed by atoms with E-state index in [4.69, 9.17) is 5.73 Å². The lowest BCUT2D eigenvalue weighted by molar-refractivity contribution is -0.137. The number of imidazole rings is 1. The molecule has 0 saturated carbocycles. The maximum absolute atomic E-state index is 13.0. The van der Waals surface area contributed by atoms with Crippen LogP contribution in [0.15, 0.2) is 67.0 Å². The Morgan fingerprint density at radius 3 is 2.25 bits per heavy atom. The van der Waals surface area contributed by atoms with Crippen molar-refractivity contribution >= 4 is 17.6 Å². The molecule has 0 aliphatic heterocycles. The lowest BCUT2D eigenvalue weighted by Crippen LogP contribution is -2.47. The molecule has 0 saturated heterocycles. The number of hydrogen-bond acceptors (Lipinski definition) is 4. The third kappa shape index (κ3) is 4.15. The van der Waals surface area contributed by atoms with Crippen LogP contribution in [0.4, 0.5) is 0 Å². The maximum atomic E-state index is 13.0. The molecule has 7 nitrogen and oxygen atoms in total. The van der Waals surface area contributed by atoms with Gasteiger partial charge in [-0.05, 0) is 24.6 Å². The highest BCUT2D eigenvalue weighted by Gasteiger charge is 2.28. The molecule has 1 atom stereocenters. The Morgan fingerprint density at radius 1 is 1.04 bits per heavy atom. The van der Waals surface area contributed by atoms with Gasteiger partial charge in [-0.25, -0.2) is 4.98 Å². The van der Waals surface area contributed by atoms with E-state index in [0.717, 1.165) is 11.3 Å². The van der Waals surface area contributed by atoms with Crippen LogP contribution in [0.25, 0.3) is 5.69 Å². The zero-order chi connectivity index (χ0) is 20.1. The number of primary amides is 1. The number of rotatable bonds is 7. The molecule has 7 heteroatoms. The zero-order valence-corrected chi connectivity index (χ0v) is 15.3. The molecule has 0 aliphatic rings. The fourth-order valence-corrected chi connectivity index (χ4v) is 2.95. The molecule has 0 aliphatic carbocycles. The summed E-state index contributed by atoms with van der Waals surface area (Å²) in [6, 6.07) is 17.3. The molecule has 142 valence electrons. The molecule has 3 rings (SSSR count). The number of hydrogen-bond donors (Lipinski definition) is 2. The molecule has 0 bridgehead atoms. The van der Waals surface area contributed by atoms with Crippen molar-refractivity contribution < 1.29 is 14.4 Å². The smallest absolute Gasteiger partial charge is 0.287 e. The van der Waals surface area contributed by atoms with Gasteiger partial charge >= 0.3 is 0 Å². The second-order valence-corrected chi connectivity index (χ2v) is 6.33. The zero-order valence-electron chi connectivity index (χ0n) is 15.3. The van der Waals surface area contributed by atoms with Crippen LogP contribution in [0.3, 0.4) is 0 Å². The Bertz CT molecular complexity index is 997. The molecule has 0 spiro atoms. The summed E-state index contributed by atoms with van der Waals surface area (Å²) in [5.74, 6) is -2.44. The van der Waals surface area contributed by atoms with Gasteiger partial charge in [0.25, 0.3) is 11.8 Å². The first-order valence-corrected chi connectivity index (χ1v) is 8.75. The number of nitrogens with zero attached hydrogens (tertiary/aromatic N) is 2. The van der Waals surface area contributed by atoms with Crippen LogP contribution in [0, 0.1) is 6.92 Å². The molecule has 0 unspecified atom stereocenters. The summed E-state index contributed by atoms with van der Waals surface area (Å²) in [6.45, 7) is 1.70. The highest BCUT2D eigenvalue weighted by molar-refractivity contribution is 6.38. The molecule has 0 radical (unpaired) electrons. The van der Waals surface area contributed by atoms with Crippen LogP contribution in [0.5, 0.6) is 0 Å². The van der Waals surface area contributed by atoms with Gasteiger partial charge in [-0.2, -0.15) is 0 Å². The highest BCUT2D eigenvalue weighted by Crippen LogP contribution is 2.15. The predicted octanol–water partition coefficient (Wildman–Crippen LogP) is 1.58. The molecule has 1 aromatic heterocycles. The van der Waals surface area contributed by atoms with E-state index in [0.29, 0.717) is 11.4 Å². The van der Waals surface area contributed by atoms with Gasteiger partial charge in [-0.1, -0.05) is 48.5 Å². The first kappa shape index (κ1) is 19.0. The normalized spacial score (nSPS) is 11.6. The lowest BCUT2D eigenvalue weighted by Gasteiger charge is -2.17. The number of carbonyl (C=O) groups excluding carboxylic acids is 3. The molecule has 28 heavy (non-hydrogen) atoms. The van der Waals surface area contributed by atoms with Crippen LogP contribution in [0.2, 0.25) is 0 Å². The van der Waals surface area contributed by atoms with E-state index in [2.05, 4.69) is 10.3 Å². The summed E-state index contributed by atoms with van der Waals surface area (Å²) in [4.78, 5) is 40.9. The molecule has 1 heterocycles. The van der Waals surface area contributed by atoms with Crippen molar-refractivity contribution in [2.24, 2.45) is 5.73 Å². The molecular weight excluding hydrogens is 356 g/mol. The highest BCUT2D eigenvalue weighted by atomic mass is 16.2. The number of amides is 2. The predicted molar refractivity (Wildman–Crippen MR) is 104 cm³/mol. The molecule has 0 fully saturated rings. The van der Waals surface area contributed by atoms with E-state index in [-0.39, 0.29) is 6.42 Å². The van der Waals surface area contributed by atoms with Crippen LogP contribution < -0.4 is 11.1 Å². The SMILES string of the molecule is Cc1ncn(-c2ccccc2)c1C(=O)N[C@@H](Cc1ccccc1)C(=O)C(N)=O. The fourth-order valence-electron chi connectivity index (χ4n) is 2.95. The van der Waals surface area contributed by atoms with Crippen molar-refractivity contribution in [2.75, 3.05) is 0 Å². The second-order valence-electron chi connectivity index (χ2n) is 6.33. The molecular formula is C21H20N4O3. The van der Waals surface area contributed by atoms with Gasteiger partial charge in [-0.15, -0.1) is 0 Å². The Morgan fingerprint density at radius 2 is 1.64 bits per heavy atom. The van der Waals surface area contributed by atoms with Crippen LogP contribution in [0.1, 0.15) is 21.7 Å². The monoisotopic (exact) mass is 376 g/mol. The molecule has 2 aromatic carbocycles. The Labute approximate surface area is 162 Å². The van der Waals surface area contributed by atoms with Crippen molar-refractivity contribution in [1.82, 2.24) is 14.9 Å². The number of nitrogens with two attached hydrogens (primary N) is 1. The molecule has 3 N–H and O–H groups in total. The first-order chi connectivity index (χ1) is 13.5. The number of aryl methyl sites for hydroxylation is 1. The molecule has 2 amide bonds. The maximum Gasteiger partial charge on any atom is 0.287 e. The first-order valence-electron chi connectivity index (χ1n) is 8.75. The number of Topliss-reactive ketones (excluding diaryl/α,β-unsaturated/α-hetero) is 1. The number of para-hydroxylation sites is 1. The number of aromatic nitrogens is 2. The Balaban J connectivity index is 1.89. The van der Waals surface area contributed by atoms with Crippen molar-refractivity contribution in [2.45, 2.75) is 19.4 Å². The van der Waals surface area contributed by atoms with Crippen molar-refractivity contribution in [1.29, 1.82) is 0 Å². The van der Waals surface area contributed by atoms with E-state index < -0.39 is 23.6 Å². The van der Waals surface area contributed by atoms with E-state index in [1.165, 1.54) is 0 Å². The number of benzene rings is 2. The largest absolute Gasteiger partial charge is 0.363 e. The topological polar surface area (TPSA) is 107 Å². The Kier molecular flexibility index (Phi) is 5.64. The quantitative estimate of drug-likeness (QED) is 0.610. The lowest BCUT2D eigenvalue weighted by atomic mass is 10.0. The third-order valence-electron chi connectivity index (χ3n) is 4.35. The second kappa shape index (κ2) is 8.30. The van der Waals surface area contributed by atoms with Crippen LogP contribution >= 0.6 is 0 Å². The minimum absolute atomic E-state index is 0.160. The van der Waals surface area contributed by atoms with E-state index >= 15 is 0 Å². The van der Waals surface area contributed by atoms with Crippen LogP contribution in [-0.2, 0) is 16.0 Å². The van der Waals surface area contributed by atoms with Gasteiger partial charge in [0.15, 0.2) is 0 Å². The number of carbonyl (C=O) groups is 3. The van der Waals surface area contributed by atoms with Gasteiger partial charge < -0.3 is 11.1 Å². The van der Waals surface area contributed by atoms with Gasteiger partial charge in [0.2, 0.25) is 5.78 Å². The summed E-state index contributed by atoms with van der Waals surface area (Å²) in [6.07, 6.45) is 1.70. The number of nitrogens with one attached hydrogen (secondary N) is 1. The summed E-state index contributed by atoms with van der Waals surface area (Å²) < 4.78 is 1.64. The average Bonchev–Trinajstić information content (AvgIpc) is 3.10. The van der Waals surface area contributed by atoms with Gasteiger partial charge in [0, 0.05) is 12.1 Å². The van der Waals surface area contributed by atoms with E-state index in [9.17, 15) is 14.4 Å². The van der Waals surface area contributed by atoms with Crippen molar-refractivity contribution in [3.8, 4) is 5.69 Å². The van der Waals surface area contributed by atoms with Crippen LogP contribution in [-0.4, -0.2) is 33.2 Å². The van der Waals surface area contributed by atoms with Crippen molar-refractivity contribution in [3.63, 3.8) is 0 Å². The summed E-state index contributed by atoms with van der Waals surface area (Å²) >= 11 is 0. The summed E-state index contributed by atoms with van der Waals surface area (Å²) in [5, 5.41) is 2.65. The van der Waals surface area contributed by atoms with Gasteiger partial charge in [-0.3, -0.25) is 19.0 Å². The summed E-state index contributed by atoms with van der Waals surface area (Å²) in [5.41, 5.74) is 7.54. The van der Waals surface area contributed by atoms with Crippen molar-refractivity contribution in [3.05, 3.63) is 83.9 Å². The minimum Gasteiger partial charge on any atom is -0.363 e. The summed E-state index contributed by atoms with van der Waals surface area (Å²) in [7, 11) is 0. The fraction of sp³-hybridized carbons (Fsp3) is 0.143. The number of ketones is 1. The third-order valence-corrected chi connectivity index (χ3v) is 4.35. The van der Waals surface area contributed by atoms with E-state index in [1.54, 1.807) is 17.8 Å². The Hall–Kier alpha value is -3.74. The standard InChI is InChI=1S/C21H20N4O3/c1-14-18(25(13-23-14)16-10-6-3-7-11-16)21(28)24-17(19(26)20(22)27)12-15-8-4-2-5-9-15/h2-11,13,17H,12H2,1H3,(H2,22,27)(H,24,28)/t17-/m0/s1. The van der Waals surface area contributed by atoms with E-state index in [1.807, 2.05) is 60.7 Å². The average molecular weight is 376 g/mol. The van der Waals surface area contributed by atoms with Gasteiger partial charge in [0.05, 0.1) is 5.69 Å². The minimum atomic E-state index is -1.09.